The number of Topliss-reactive ketones (excluding diaryl/α,β-unsaturated/α-hetero) is 1. The summed E-state index contributed by atoms with van der Waals surface area (Å²) in [5.74, 6) is 0.589. The lowest BCUT2D eigenvalue weighted by molar-refractivity contribution is 0.0988. The molecule has 0 aliphatic rings. The number of carbonyl (C=O) groups excluding carboxylic acids is 1. The zero-order valence-corrected chi connectivity index (χ0v) is 19.3. The van der Waals surface area contributed by atoms with Crippen LogP contribution in [0.1, 0.15) is 29.3 Å². The normalized spacial score (nSPS) is 11.1. The van der Waals surface area contributed by atoms with Gasteiger partial charge in [0.05, 0.1) is 11.0 Å². The van der Waals surface area contributed by atoms with Crippen molar-refractivity contribution >= 4 is 22.7 Å². The maximum atomic E-state index is 11.9. The molecule has 0 saturated carbocycles. The fourth-order valence-electron chi connectivity index (χ4n) is 4.14. The van der Waals surface area contributed by atoms with E-state index in [2.05, 4.69) is 15.1 Å². The van der Waals surface area contributed by atoms with Crippen LogP contribution in [0.4, 0.5) is 0 Å². The molecule has 5 N–H and O–H groups in total. The molecule has 0 aliphatic carbocycles. The van der Waals surface area contributed by atoms with Crippen LogP contribution in [0.3, 0.4) is 0 Å². The molecule has 2 aromatic heterocycles. The third kappa shape index (κ3) is 3.95. The Morgan fingerprint density at radius 1 is 1.00 bits per heavy atom. The van der Waals surface area contributed by atoms with E-state index in [1.54, 1.807) is 29.9 Å². The van der Waals surface area contributed by atoms with Crippen molar-refractivity contribution in [1.82, 2.24) is 19.7 Å². The second kappa shape index (κ2) is 8.57. The molecular formula is C27H24N6O2. The van der Waals surface area contributed by atoms with Crippen molar-refractivity contribution in [3.8, 4) is 39.7 Å². The summed E-state index contributed by atoms with van der Waals surface area (Å²) in [4.78, 5) is 19.6. The van der Waals surface area contributed by atoms with Gasteiger partial charge in [0.2, 0.25) is 0 Å². The van der Waals surface area contributed by atoms with Crippen molar-refractivity contribution in [1.29, 1.82) is 5.41 Å². The van der Waals surface area contributed by atoms with Crippen molar-refractivity contribution in [2.75, 3.05) is 0 Å². The smallest absolute Gasteiger partial charge is 0.173 e. The number of amidine groups is 1. The van der Waals surface area contributed by atoms with Crippen LogP contribution in [0, 0.1) is 5.41 Å². The molecule has 0 fully saturated rings. The Bertz CT molecular complexity index is 1580. The predicted molar refractivity (Wildman–Crippen MR) is 136 cm³/mol. The summed E-state index contributed by atoms with van der Waals surface area (Å²) in [6, 6.07) is 20.6. The van der Waals surface area contributed by atoms with Gasteiger partial charge in [-0.05, 0) is 29.3 Å². The number of nitrogens with two attached hydrogens (primary N) is 1. The van der Waals surface area contributed by atoms with Crippen LogP contribution in [0.25, 0.3) is 44.9 Å². The number of nitrogens with zero attached hydrogens (tertiary/aromatic N) is 3. The topological polar surface area (TPSA) is 134 Å². The summed E-state index contributed by atoms with van der Waals surface area (Å²) < 4.78 is 1.59. The van der Waals surface area contributed by atoms with Crippen molar-refractivity contribution in [3.05, 3.63) is 77.9 Å². The first-order valence-electron chi connectivity index (χ1n) is 11.2. The molecular weight excluding hydrogens is 440 g/mol. The first-order chi connectivity index (χ1) is 16.9. The molecule has 0 aliphatic heterocycles. The van der Waals surface area contributed by atoms with Crippen LogP contribution in [0.2, 0.25) is 0 Å². The Morgan fingerprint density at radius 2 is 1.60 bits per heavy atom. The zero-order chi connectivity index (χ0) is 24.7. The van der Waals surface area contributed by atoms with Gasteiger partial charge < -0.3 is 15.8 Å². The Balaban J connectivity index is 1.46. The lowest BCUT2D eigenvalue weighted by atomic mass is 10.00. The van der Waals surface area contributed by atoms with Gasteiger partial charge in [0, 0.05) is 30.2 Å². The van der Waals surface area contributed by atoms with Gasteiger partial charge in [-0.1, -0.05) is 55.5 Å². The van der Waals surface area contributed by atoms with E-state index in [9.17, 15) is 9.90 Å². The van der Waals surface area contributed by atoms with Crippen molar-refractivity contribution in [2.24, 2.45) is 12.8 Å². The van der Waals surface area contributed by atoms with Gasteiger partial charge in [0.15, 0.2) is 17.4 Å². The summed E-state index contributed by atoms with van der Waals surface area (Å²) in [6.45, 7) is 1.85. The van der Waals surface area contributed by atoms with Crippen LogP contribution >= 0.6 is 0 Å². The van der Waals surface area contributed by atoms with Gasteiger partial charge in [-0.3, -0.25) is 14.9 Å². The molecule has 0 bridgehead atoms. The molecule has 0 saturated heterocycles. The average molecular weight is 465 g/mol. The molecule has 35 heavy (non-hydrogen) atoms. The Morgan fingerprint density at radius 3 is 2.23 bits per heavy atom. The molecule has 5 aromatic rings. The number of H-pyrrole nitrogens is 1. The van der Waals surface area contributed by atoms with Crippen molar-refractivity contribution in [3.63, 3.8) is 0 Å². The summed E-state index contributed by atoms with van der Waals surface area (Å²) in [7, 11) is 1.75. The minimum atomic E-state index is -0.0254. The zero-order valence-electron chi connectivity index (χ0n) is 19.3. The number of rotatable bonds is 6. The quantitative estimate of drug-likeness (QED) is 0.161. The summed E-state index contributed by atoms with van der Waals surface area (Å²) in [5.41, 5.74) is 12.0. The number of aromatic hydroxyl groups is 1. The molecule has 2 heterocycles. The largest absolute Gasteiger partial charge is 0.504 e. The Labute approximate surface area is 201 Å². The number of imidazole rings is 1. The molecule has 5 rings (SSSR count). The van der Waals surface area contributed by atoms with Gasteiger partial charge in [0.25, 0.3) is 0 Å². The third-order valence-corrected chi connectivity index (χ3v) is 6.06. The van der Waals surface area contributed by atoms with E-state index >= 15 is 0 Å². The third-order valence-electron chi connectivity index (χ3n) is 6.06. The molecule has 0 radical (unpaired) electrons. The number of aromatic amines is 1. The number of hydrogen-bond donors (Lipinski definition) is 4. The number of fused-ring (bicyclic) bond motifs is 1. The molecule has 3 aromatic carbocycles. The number of benzene rings is 3. The second-order valence-electron chi connectivity index (χ2n) is 8.33. The fourth-order valence-corrected chi connectivity index (χ4v) is 4.14. The fraction of sp³-hybridized carbons (Fsp3) is 0.111. The second-order valence-corrected chi connectivity index (χ2v) is 8.33. The molecule has 8 heteroatoms. The number of ketones is 1. The van der Waals surface area contributed by atoms with E-state index in [1.807, 2.05) is 55.5 Å². The predicted octanol–water partition coefficient (Wildman–Crippen LogP) is 4.88. The van der Waals surface area contributed by atoms with Crippen LogP contribution in [0.15, 0.2) is 66.7 Å². The highest BCUT2D eigenvalue weighted by Gasteiger charge is 2.21. The van der Waals surface area contributed by atoms with Crippen molar-refractivity contribution in [2.45, 2.75) is 13.3 Å². The van der Waals surface area contributed by atoms with E-state index in [0.717, 1.165) is 16.7 Å². The Kier molecular flexibility index (Phi) is 5.41. The average Bonchev–Trinajstić information content (AvgIpc) is 3.42. The summed E-state index contributed by atoms with van der Waals surface area (Å²) in [5, 5.41) is 23.2. The van der Waals surface area contributed by atoms with E-state index in [0.29, 0.717) is 45.8 Å². The monoisotopic (exact) mass is 464 g/mol. The van der Waals surface area contributed by atoms with Gasteiger partial charge in [-0.2, -0.15) is 5.10 Å². The Hall–Kier alpha value is -4.72. The van der Waals surface area contributed by atoms with E-state index < -0.39 is 0 Å². The van der Waals surface area contributed by atoms with Gasteiger partial charge in [-0.25, -0.2) is 4.98 Å². The number of nitrogen functional groups attached to an aromatic ring is 1. The van der Waals surface area contributed by atoms with Crippen LogP contribution < -0.4 is 5.73 Å². The number of nitrogens with one attached hydrogen (secondary N) is 2. The summed E-state index contributed by atoms with van der Waals surface area (Å²) in [6.07, 6.45) is 0.483. The van der Waals surface area contributed by atoms with Crippen molar-refractivity contribution < 1.29 is 9.90 Å². The molecule has 0 unspecified atom stereocenters. The molecule has 0 atom stereocenters. The maximum absolute atomic E-state index is 11.9. The SMILES string of the molecule is CCC(=O)c1ccc(-c2ccc(-c3nn(C)c(-c4nc5ccc(C(=N)N)cc5[nH]4)c3O)cc2)cc1. The molecule has 174 valence electrons. The van der Waals surface area contributed by atoms with Crippen LogP contribution in [-0.2, 0) is 7.05 Å². The van der Waals surface area contributed by atoms with Gasteiger partial charge in [0.1, 0.15) is 17.2 Å². The minimum Gasteiger partial charge on any atom is -0.504 e. The van der Waals surface area contributed by atoms with E-state index in [4.69, 9.17) is 11.1 Å². The number of hydrogen-bond acceptors (Lipinski definition) is 5. The molecule has 0 spiro atoms. The van der Waals surface area contributed by atoms with Crippen LogP contribution in [0.5, 0.6) is 5.75 Å². The highest BCUT2D eigenvalue weighted by atomic mass is 16.3. The standard InChI is InChI=1S/C27H24N6O2/c1-3-22(34)17-8-4-15(5-9-17)16-6-10-18(11-7-16)23-25(35)24(33(2)32-23)27-30-20-13-12-19(26(28)29)14-21(20)31-27/h4-14,35H,3H2,1-2H3,(H3,28,29)(H,30,31). The van der Waals surface area contributed by atoms with Gasteiger partial charge in [-0.15, -0.1) is 0 Å². The molecule has 0 amide bonds. The lowest BCUT2D eigenvalue weighted by Gasteiger charge is -2.05. The summed E-state index contributed by atoms with van der Waals surface area (Å²) >= 11 is 0. The van der Waals surface area contributed by atoms with E-state index in [1.165, 1.54) is 0 Å². The van der Waals surface area contributed by atoms with E-state index in [-0.39, 0.29) is 17.4 Å². The number of aryl methyl sites for hydroxylation is 1. The highest BCUT2D eigenvalue weighted by molar-refractivity contribution is 5.98. The van der Waals surface area contributed by atoms with Gasteiger partial charge >= 0.3 is 0 Å². The highest BCUT2D eigenvalue weighted by Crippen LogP contribution is 2.37. The number of aromatic nitrogens is 4. The number of carbonyl (C=O) groups is 1. The molecule has 8 nitrogen and oxygen atoms in total. The first kappa shape index (κ1) is 22.1. The first-order valence-corrected chi connectivity index (χ1v) is 11.2. The van der Waals surface area contributed by atoms with Crippen LogP contribution in [-0.4, -0.2) is 36.5 Å². The lowest BCUT2D eigenvalue weighted by Crippen LogP contribution is -2.10. The maximum Gasteiger partial charge on any atom is 0.173 e. The minimum absolute atomic E-state index is 0.0218.